The SMILES string of the molecule is CC(C)N(CCCN)S(=O)(=O)C(C)(C)C. The second-order valence-electron chi connectivity index (χ2n) is 4.96. The summed E-state index contributed by atoms with van der Waals surface area (Å²) in [5.74, 6) is 0. The number of nitrogens with two attached hydrogens (primary N) is 1. The molecular weight excluding hydrogens is 212 g/mol. The van der Waals surface area contributed by atoms with Crippen LogP contribution in [0.2, 0.25) is 0 Å². The zero-order valence-corrected chi connectivity index (χ0v) is 11.3. The van der Waals surface area contributed by atoms with Crippen molar-refractivity contribution < 1.29 is 8.42 Å². The molecule has 0 unspecified atom stereocenters. The van der Waals surface area contributed by atoms with Crippen LogP contribution in [0.1, 0.15) is 41.0 Å². The molecule has 0 heterocycles. The molecule has 0 aliphatic rings. The maximum atomic E-state index is 12.2. The summed E-state index contributed by atoms with van der Waals surface area (Å²) in [5, 5.41) is 0. The fourth-order valence-electron chi connectivity index (χ4n) is 1.25. The maximum Gasteiger partial charge on any atom is 0.219 e. The van der Waals surface area contributed by atoms with Crippen molar-refractivity contribution >= 4 is 10.0 Å². The summed E-state index contributed by atoms with van der Waals surface area (Å²) in [7, 11) is -3.23. The largest absolute Gasteiger partial charge is 0.330 e. The van der Waals surface area contributed by atoms with Crippen LogP contribution in [0.25, 0.3) is 0 Å². The molecule has 92 valence electrons. The van der Waals surface area contributed by atoms with Gasteiger partial charge < -0.3 is 5.73 Å². The molecule has 0 amide bonds. The summed E-state index contributed by atoms with van der Waals surface area (Å²) in [6.45, 7) is 9.97. The first-order valence-corrected chi connectivity index (χ1v) is 6.80. The van der Waals surface area contributed by atoms with Crippen molar-refractivity contribution in [3.05, 3.63) is 0 Å². The summed E-state index contributed by atoms with van der Waals surface area (Å²) in [6.07, 6.45) is 0.702. The predicted octanol–water partition coefficient (Wildman–Crippen LogP) is 1.17. The molecule has 0 bridgehead atoms. The van der Waals surface area contributed by atoms with E-state index >= 15 is 0 Å². The quantitative estimate of drug-likeness (QED) is 0.779. The Morgan fingerprint density at radius 1 is 1.27 bits per heavy atom. The fourth-order valence-corrected chi connectivity index (χ4v) is 2.88. The van der Waals surface area contributed by atoms with Gasteiger partial charge in [-0.3, -0.25) is 0 Å². The van der Waals surface area contributed by atoms with Crippen molar-refractivity contribution in [3.8, 4) is 0 Å². The monoisotopic (exact) mass is 236 g/mol. The summed E-state index contributed by atoms with van der Waals surface area (Å²) in [6, 6.07) is -0.0132. The van der Waals surface area contributed by atoms with E-state index in [0.717, 1.165) is 0 Å². The van der Waals surface area contributed by atoms with E-state index in [0.29, 0.717) is 19.5 Å². The lowest BCUT2D eigenvalue weighted by molar-refractivity contribution is 0.339. The van der Waals surface area contributed by atoms with E-state index in [9.17, 15) is 8.42 Å². The standard InChI is InChI=1S/C10H24N2O2S/c1-9(2)12(8-6-7-11)15(13,14)10(3,4)5/h9H,6-8,11H2,1-5H3. The molecule has 15 heavy (non-hydrogen) atoms. The molecular formula is C10H24N2O2S. The molecule has 0 rings (SSSR count). The number of hydrogen-bond acceptors (Lipinski definition) is 3. The van der Waals surface area contributed by atoms with Crippen LogP contribution in [0.15, 0.2) is 0 Å². The van der Waals surface area contributed by atoms with Gasteiger partial charge in [0.25, 0.3) is 0 Å². The van der Waals surface area contributed by atoms with Crippen LogP contribution in [0.4, 0.5) is 0 Å². The highest BCUT2D eigenvalue weighted by Crippen LogP contribution is 2.22. The van der Waals surface area contributed by atoms with E-state index in [1.807, 2.05) is 13.8 Å². The molecule has 4 nitrogen and oxygen atoms in total. The third-order valence-corrected chi connectivity index (χ3v) is 5.01. The summed E-state index contributed by atoms with van der Waals surface area (Å²) < 4.78 is 25.2. The Balaban J connectivity index is 4.93. The van der Waals surface area contributed by atoms with Crippen molar-refractivity contribution in [1.82, 2.24) is 4.31 Å². The van der Waals surface area contributed by atoms with E-state index in [1.54, 1.807) is 25.1 Å². The van der Waals surface area contributed by atoms with E-state index < -0.39 is 14.8 Å². The smallest absolute Gasteiger partial charge is 0.219 e. The molecule has 0 aliphatic carbocycles. The normalized spacial score (nSPS) is 13.9. The van der Waals surface area contributed by atoms with Gasteiger partial charge in [-0.05, 0) is 47.6 Å². The van der Waals surface area contributed by atoms with Crippen molar-refractivity contribution in [2.75, 3.05) is 13.1 Å². The van der Waals surface area contributed by atoms with Crippen LogP contribution in [0.5, 0.6) is 0 Å². The minimum absolute atomic E-state index is 0.0132. The zero-order chi connectivity index (χ0) is 12.3. The van der Waals surface area contributed by atoms with Crippen molar-refractivity contribution in [3.63, 3.8) is 0 Å². The van der Waals surface area contributed by atoms with Gasteiger partial charge in [-0.15, -0.1) is 0 Å². The summed E-state index contributed by atoms with van der Waals surface area (Å²) in [4.78, 5) is 0. The Bertz CT molecular complexity index is 278. The fraction of sp³-hybridized carbons (Fsp3) is 1.00. The van der Waals surface area contributed by atoms with Crippen molar-refractivity contribution in [2.24, 2.45) is 5.73 Å². The third-order valence-electron chi connectivity index (χ3n) is 2.24. The highest BCUT2D eigenvalue weighted by molar-refractivity contribution is 7.90. The topological polar surface area (TPSA) is 63.4 Å². The third kappa shape index (κ3) is 3.74. The Hall–Kier alpha value is -0.130. The Morgan fingerprint density at radius 2 is 1.73 bits per heavy atom. The minimum Gasteiger partial charge on any atom is -0.330 e. The van der Waals surface area contributed by atoms with Gasteiger partial charge in [0.05, 0.1) is 4.75 Å². The molecule has 0 radical (unpaired) electrons. The molecule has 0 saturated carbocycles. The predicted molar refractivity (Wildman–Crippen MR) is 64.2 cm³/mol. The molecule has 0 atom stereocenters. The van der Waals surface area contributed by atoms with Crippen LogP contribution >= 0.6 is 0 Å². The van der Waals surface area contributed by atoms with Gasteiger partial charge in [-0.25, -0.2) is 8.42 Å². The molecule has 2 N–H and O–H groups in total. The van der Waals surface area contributed by atoms with Gasteiger partial charge in [0.15, 0.2) is 0 Å². The molecule has 0 aliphatic heterocycles. The van der Waals surface area contributed by atoms with Crippen LogP contribution in [0, 0.1) is 0 Å². The number of hydrogen-bond donors (Lipinski definition) is 1. The van der Waals surface area contributed by atoms with E-state index in [4.69, 9.17) is 5.73 Å². The molecule has 0 aromatic rings. The Labute approximate surface area is 93.9 Å². The summed E-state index contributed by atoms with van der Waals surface area (Å²) in [5.41, 5.74) is 5.41. The average molecular weight is 236 g/mol. The number of rotatable bonds is 5. The Morgan fingerprint density at radius 3 is 2.00 bits per heavy atom. The lowest BCUT2D eigenvalue weighted by Gasteiger charge is -2.32. The van der Waals surface area contributed by atoms with Gasteiger partial charge >= 0.3 is 0 Å². The second-order valence-corrected chi connectivity index (χ2v) is 7.61. The highest BCUT2D eigenvalue weighted by atomic mass is 32.2. The zero-order valence-electron chi connectivity index (χ0n) is 10.4. The number of nitrogens with zero attached hydrogens (tertiary/aromatic N) is 1. The molecule has 0 spiro atoms. The van der Waals surface area contributed by atoms with Gasteiger partial charge in [-0.1, -0.05) is 0 Å². The first kappa shape index (κ1) is 14.9. The van der Waals surface area contributed by atoms with Gasteiger partial charge in [0.2, 0.25) is 10.0 Å². The van der Waals surface area contributed by atoms with Gasteiger partial charge in [0, 0.05) is 12.6 Å². The first-order valence-electron chi connectivity index (χ1n) is 5.36. The molecule has 0 aromatic heterocycles. The second kappa shape index (κ2) is 5.27. The molecule has 5 heteroatoms. The van der Waals surface area contributed by atoms with Crippen LogP contribution < -0.4 is 5.73 Å². The molecule has 0 fully saturated rings. The van der Waals surface area contributed by atoms with Crippen molar-refractivity contribution in [1.29, 1.82) is 0 Å². The lowest BCUT2D eigenvalue weighted by atomic mass is 10.3. The maximum absolute atomic E-state index is 12.2. The van der Waals surface area contributed by atoms with Crippen LogP contribution in [-0.2, 0) is 10.0 Å². The van der Waals surface area contributed by atoms with Crippen LogP contribution in [0.3, 0.4) is 0 Å². The van der Waals surface area contributed by atoms with Crippen molar-refractivity contribution in [2.45, 2.75) is 51.8 Å². The molecule has 0 aromatic carbocycles. The Kier molecular flexibility index (Phi) is 5.23. The van der Waals surface area contributed by atoms with Gasteiger partial charge in [0.1, 0.15) is 0 Å². The summed E-state index contributed by atoms with van der Waals surface area (Å²) >= 11 is 0. The van der Waals surface area contributed by atoms with E-state index in [1.165, 1.54) is 0 Å². The highest BCUT2D eigenvalue weighted by Gasteiger charge is 2.36. The lowest BCUT2D eigenvalue weighted by Crippen LogP contribution is -2.47. The minimum atomic E-state index is -3.23. The van der Waals surface area contributed by atoms with Gasteiger partial charge in [-0.2, -0.15) is 4.31 Å². The average Bonchev–Trinajstić information content (AvgIpc) is 2.01. The first-order chi connectivity index (χ1) is 6.64. The van der Waals surface area contributed by atoms with E-state index in [-0.39, 0.29) is 6.04 Å². The number of sulfonamides is 1. The van der Waals surface area contributed by atoms with Crippen LogP contribution in [-0.4, -0.2) is 36.6 Å². The van der Waals surface area contributed by atoms with E-state index in [2.05, 4.69) is 0 Å². The molecule has 0 saturated heterocycles.